The summed E-state index contributed by atoms with van der Waals surface area (Å²) >= 11 is 0. The van der Waals surface area contributed by atoms with Gasteiger partial charge in [0.1, 0.15) is 6.10 Å². The van der Waals surface area contributed by atoms with Gasteiger partial charge in [-0.25, -0.2) is 4.79 Å². The van der Waals surface area contributed by atoms with Crippen LogP contribution in [0.1, 0.15) is 76.6 Å². The lowest BCUT2D eigenvalue weighted by Gasteiger charge is -2.58. The van der Waals surface area contributed by atoms with Crippen molar-refractivity contribution in [3.8, 4) is 0 Å². The van der Waals surface area contributed by atoms with Crippen molar-refractivity contribution in [3.63, 3.8) is 0 Å². The van der Waals surface area contributed by atoms with Crippen molar-refractivity contribution in [2.24, 2.45) is 34.5 Å². The Kier molecular flexibility index (Phi) is 6.02. The largest absolute Gasteiger partial charge is 0.446 e. The van der Waals surface area contributed by atoms with Gasteiger partial charge in [-0.15, -0.1) is 0 Å². The average Bonchev–Trinajstić information content (AvgIpc) is 3.33. The Morgan fingerprint density at radius 1 is 1.17 bits per heavy atom. The van der Waals surface area contributed by atoms with Gasteiger partial charge in [0.25, 0.3) is 0 Å². The third kappa shape index (κ3) is 3.75. The Morgan fingerprint density at radius 3 is 2.78 bits per heavy atom. The number of hydrogen-bond donors (Lipinski definition) is 0. The number of rotatable bonds is 3. The fourth-order valence-electron chi connectivity index (χ4n) is 9.76. The number of fused-ring (bicyclic) bond motifs is 4. The fourth-order valence-corrected chi connectivity index (χ4v) is 9.76. The highest BCUT2D eigenvalue weighted by atomic mass is 16.6. The number of carbonyl (C=O) groups is 1. The van der Waals surface area contributed by atoms with E-state index in [2.05, 4.69) is 36.9 Å². The normalized spacial score (nSPS) is 41.5. The van der Waals surface area contributed by atoms with Gasteiger partial charge in [-0.05, 0) is 112 Å². The number of likely N-dealkylation sites (tertiary alicyclic amines) is 1. The maximum Gasteiger partial charge on any atom is 0.410 e. The number of pyridine rings is 1. The zero-order chi connectivity index (χ0) is 25.2. The average molecular weight is 492 g/mol. The molecule has 0 radical (unpaired) electrons. The summed E-state index contributed by atoms with van der Waals surface area (Å²) in [7, 11) is 4.18. The quantitative estimate of drug-likeness (QED) is 0.471. The van der Waals surface area contributed by atoms with Gasteiger partial charge in [0.2, 0.25) is 0 Å². The van der Waals surface area contributed by atoms with Gasteiger partial charge in [0.05, 0.1) is 12.2 Å². The van der Waals surface area contributed by atoms with Crippen molar-refractivity contribution in [2.45, 2.75) is 90.8 Å². The predicted octanol–water partition coefficient (Wildman–Crippen LogP) is 6.22. The van der Waals surface area contributed by atoms with E-state index in [9.17, 15) is 4.79 Å². The lowest BCUT2D eigenvalue weighted by atomic mass is 9.47. The van der Waals surface area contributed by atoms with E-state index in [-0.39, 0.29) is 12.2 Å². The van der Waals surface area contributed by atoms with Crippen molar-refractivity contribution >= 4 is 6.09 Å². The van der Waals surface area contributed by atoms with E-state index < -0.39 is 0 Å². The predicted molar refractivity (Wildman–Crippen MR) is 142 cm³/mol. The third-order valence-corrected chi connectivity index (χ3v) is 11.6. The monoisotopic (exact) mass is 491 g/mol. The van der Waals surface area contributed by atoms with Crippen molar-refractivity contribution in [3.05, 3.63) is 41.2 Å². The highest BCUT2D eigenvalue weighted by Gasteiger charge is 2.64. The van der Waals surface area contributed by atoms with Crippen molar-refractivity contribution < 1.29 is 9.53 Å². The summed E-state index contributed by atoms with van der Waals surface area (Å²) in [5.74, 6) is 3.47. The molecule has 8 atom stereocenters. The molecule has 1 aliphatic heterocycles. The van der Waals surface area contributed by atoms with Gasteiger partial charge in [-0.2, -0.15) is 0 Å². The molecule has 2 heterocycles. The molecular formula is C31H45N3O2. The summed E-state index contributed by atoms with van der Waals surface area (Å²) < 4.78 is 6.05. The molecule has 36 heavy (non-hydrogen) atoms. The maximum absolute atomic E-state index is 12.9. The molecule has 4 fully saturated rings. The minimum absolute atomic E-state index is 0.00332. The molecule has 0 bridgehead atoms. The van der Waals surface area contributed by atoms with Gasteiger partial charge >= 0.3 is 6.09 Å². The first-order valence-corrected chi connectivity index (χ1v) is 14.5. The molecule has 0 N–H and O–H groups in total. The molecule has 3 saturated carbocycles. The number of hydrogen-bond acceptors (Lipinski definition) is 4. The summed E-state index contributed by atoms with van der Waals surface area (Å²) in [5, 5.41) is 0. The summed E-state index contributed by atoms with van der Waals surface area (Å²) in [5.41, 5.74) is 4.33. The van der Waals surface area contributed by atoms with Gasteiger partial charge in [0, 0.05) is 31.7 Å². The van der Waals surface area contributed by atoms with E-state index in [4.69, 9.17) is 4.74 Å². The van der Waals surface area contributed by atoms with E-state index in [1.165, 1.54) is 38.6 Å². The van der Waals surface area contributed by atoms with E-state index >= 15 is 0 Å². The van der Waals surface area contributed by atoms with Crippen LogP contribution in [0.15, 0.2) is 29.8 Å². The Labute approximate surface area is 217 Å². The minimum atomic E-state index is -0.225. The SMILES string of the molecule is Cc1cccc(CN(C)C(=O)O[C@H]2CC[C@@]3(C)C(=CC[C@H]4[C@@H]5CC[C@@H]6[C@H](C)N(C)C[C@@]65CC[C@@H]43)C2)n1. The Hall–Kier alpha value is -1.88. The Balaban J connectivity index is 1.12. The molecule has 0 unspecified atom stereocenters. The van der Waals surface area contributed by atoms with Gasteiger partial charge < -0.3 is 14.5 Å². The van der Waals surface area contributed by atoms with Gasteiger partial charge in [0.15, 0.2) is 0 Å². The summed E-state index contributed by atoms with van der Waals surface area (Å²) in [6.45, 7) is 8.81. The molecule has 4 aliphatic carbocycles. The Bertz CT molecular complexity index is 1050. The van der Waals surface area contributed by atoms with E-state index in [1.54, 1.807) is 10.5 Å². The molecule has 6 rings (SSSR count). The molecule has 1 aromatic rings. The number of aromatic nitrogens is 1. The maximum atomic E-state index is 12.9. The summed E-state index contributed by atoms with van der Waals surface area (Å²) in [6.07, 6.45) is 12.4. The highest BCUT2D eigenvalue weighted by Crippen LogP contribution is 2.68. The molecule has 1 spiro atoms. The number of amides is 1. The summed E-state index contributed by atoms with van der Waals surface area (Å²) in [4.78, 5) is 21.8. The van der Waals surface area contributed by atoms with Crippen LogP contribution >= 0.6 is 0 Å². The molecule has 1 saturated heterocycles. The second-order valence-electron chi connectivity index (χ2n) is 13.2. The highest BCUT2D eigenvalue weighted by molar-refractivity contribution is 5.67. The standard InChI is InChI=1S/C31H45N3O2/c1-20-7-6-8-23(32-20)18-33(4)29(35)36-24-13-15-30(3)22(17-24)9-10-25-27(30)14-16-31-19-34(5)21(2)26(31)11-12-28(25)31/h6-9,21,24-28H,10-19H2,1-5H3/t21-,24-,25+,26+,27-,28-,30-,31-/m0/s1. The van der Waals surface area contributed by atoms with Crippen LogP contribution in [0.5, 0.6) is 0 Å². The molecular weight excluding hydrogens is 446 g/mol. The first kappa shape index (κ1) is 24.5. The van der Waals surface area contributed by atoms with Crippen LogP contribution in [0, 0.1) is 41.4 Å². The van der Waals surface area contributed by atoms with Crippen molar-refractivity contribution in [1.82, 2.24) is 14.8 Å². The lowest BCUT2D eigenvalue weighted by molar-refractivity contribution is -0.0503. The number of carbonyl (C=O) groups excluding carboxylic acids is 1. The zero-order valence-corrected chi connectivity index (χ0v) is 23.0. The van der Waals surface area contributed by atoms with Crippen LogP contribution < -0.4 is 0 Å². The summed E-state index contributed by atoms with van der Waals surface area (Å²) in [6, 6.07) is 6.69. The van der Waals surface area contributed by atoms with Crippen LogP contribution in [0.25, 0.3) is 0 Å². The Morgan fingerprint density at radius 2 is 1.97 bits per heavy atom. The second-order valence-corrected chi connectivity index (χ2v) is 13.2. The molecule has 5 nitrogen and oxygen atoms in total. The first-order valence-electron chi connectivity index (χ1n) is 14.5. The van der Waals surface area contributed by atoms with E-state index in [0.717, 1.165) is 60.4 Å². The molecule has 196 valence electrons. The number of aryl methyl sites for hydroxylation is 1. The smallest absolute Gasteiger partial charge is 0.410 e. The zero-order valence-electron chi connectivity index (χ0n) is 23.0. The topological polar surface area (TPSA) is 45.7 Å². The molecule has 5 heteroatoms. The second kappa shape index (κ2) is 8.85. The van der Waals surface area contributed by atoms with E-state index in [0.29, 0.717) is 17.4 Å². The van der Waals surface area contributed by atoms with Crippen LogP contribution in [-0.2, 0) is 11.3 Å². The number of nitrogens with zero attached hydrogens (tertiary/aromatic N) is 3. The van der Waals surface area contributed by atoms with Crippen LogP contribution in [-0.4, -0.2) is 53.7 Å². The number of ether oxygens (including phenoxy) is 1. The van der Waals surface area contributed by atoms with Gasteiger partial charge in [-0.1, -0.05) is 24.6 Å². The number of allylic oxidation sites excluding steroid dienone is 1. The van der Waals surface area contributed by atoms with Crippen LogP contribution in [0.3, 0.4) is 0 Å². The minimum Gasteiger partial charge on any atom is -0.446 e. The van der Waals surface area contributed by atoms with Crippen LogP contribution in [0.2, 0.25) is 0 Å². The third-order valence-electron chi connectivity index (χ3n) is 11.6. The fraction of sp³-hybridized carbons (Fsp3) is 0.742. The lowest BCUT2D eigenvalue weighted by Crippen LogP contribution is -2.52. The molecule has 1 amide bonds. The molecule has 5 aliphatic rings. The van der Waals surface area contributed by atoms with Crippen molar-refractivity contribution in [1.29, 1.82) is 0 Å². The van der Waals surface area contributed by atoms with Gasteiger partial charge in [-0.3, -0.25) is 4.98 Å². The first-order chi connectivity index (χ1) is 17.2. The molecule has 1 aromatic heterocycles. The van der Waals surface area contributed by atoms with Crippen molar-refractivity contribution in [2.75, 3.05) is 20.6 Å². The van der Waals surface area contributed by atoms with E-state index in [1.807, 2.05) is 32.2 Å². The molecule has 0 aromatic carbocycles. The van der Waals surface area contributed by atoms with Crippen LogP contribution in [0.4, 0.5) is 4.79 Å².